The number of nitrogens with one attached hydrogen (secondary N) is 1. The van der Waals surface area contributed by atoms with Gasteiger partial charge in [-0.05, 0) is 50.4 Å². The van der Waals surface area contributed by atoms with Gasteiger partial charge in [0.05, 0.1) is 0 Å². The molecule has 1 aromatic carbocycles. The number of hydrogen-bond donors (Lipinski definition) is 2. The first kappa shape index (κ1) is 11.0. The number of phenols is 1. The lowest BCUT2D eigenvalue weighted by Crippen LogP contribution is -2.28. The van der Waals surface area contributed by atoms with Crippen molar-refractivity contribution in [1.82, 2.24) is 5.32 Å². The molecule has 0 aromatic heterocycles. The van der Waals surface area contributed by atoms with Crippen LogP contribution in [0.1, 0.15) is 18.4 Å². The lowest BCUT2D eigenvalue weighted by molar-refractivity contribution is 0.366. The Morgan fingerprint density at radius 3 is 2.73 bits per heavy atom. The van der Waals surface area contributed by atoms with E-state index in [1.165, 1.54) is 12.8 Å². The van der Waals surface area contributed by atoms with E-state index in [0.717, 1.165) is 29.5 Å². The van der Waals surface area contributed by atoms with E-state index in [4.69, 9.17) is 0 Å². The minimum absolute atomic E-state index is 0.419. The molecule has 1 aromatic rings. The van der Waals surface area contributed by atoms with Gasteiger partial charge in [-0.15, -0.1) is 0 Å². The van der Waals surface area contributed by atoms with Crippen molar-refractivity contribution in [2.45, 2.75) is 19.3 Å². The average Bonchev–Trinajstić information content (AvgIpc) is 2.25. The molecule has 3 heteroatoms. The highest BCUT2D eigenvalue weighted by Gasteiger charge is 2.16. The Bertz CT molecular complexity index is 314. The van der Waals surface area contributed by atoms with E-state index in [9.17, 15) is 5.11 Å². The molecule has 2 rings (SSSR count). The number of hydrogen-bond acceptors (Lipinski definition) is 2. The summed E-state index contributed by atoms with van der Waals surface area (Å²) in [5.41, 5.74) is 1.06. The van der Waals surface area contributed by atoms with Crippen LogP contribution >= 0.6 is 15.9 Å². The highest BCUT2D eigenvalue weighted by molar-refractivity contribution is 9.10. The Hall–Kier alpha value is -0.540. The summed E-state index contributed by atoms with van der Waals surface area (Å²) in [5, 5.41) is 13.1. The number of aromatic hydroxyl groups is 1. The fourth-order valence-electron chi connectivity index (χ4n) is 2.12. The average molecular weight is 270 g/mol. The lowest BCUT2D eigenvalue weighted by Gasteiger charge is -2.23. The third-order valence-electron chi connectivity index (χ3n) is 3.05. The minimum Gasteiger partial charge on any atom is -0.508 e. The van der Waals surface area contributed by atoms with Crippen molar-refractivity contribution in [1.29, 1.82) is 0 Å². The van der Waals surface area contributed by atoms with Crippen molar-refractivity contribution >= 4 is 15.9 Å². The van der Waals surface area contributed by atoms with Crippen LogP contribution in [-0.4, -0.2) is 18.2 Å². The van der Waals surface area contributed by atoms with Gasteiger partial charge in [-0.1, -0.05) is 22.0 Å². The molecule has 0 saturated carbocycles. The van der Waals surface area contributed by atoms with Crippen LogP contribution in [0.5, 0.6) is 5.75 Å². The summed E-state index contributed by atoms with van der Waals surface area (Å²) in [6, 6.07) is 5.63. The van der Waals surface area contributed by atoms with Gasteiger partial charge in [0.2, 0.25) is 0 Å². The van der Waals surface area contributed by atoms with E-state index in [1.54, 1.807) is 6.07 Å². The van der Waals surface area contributed by atoms with Crippen molar-refractivity contribution in [2.24, 2.45) is 5.92 Å². The quantitative estimate of drug-likeness (QED) is 0.866. The SMILES string of the molecule is Oc1cccc(Br)c1CC1CCNCC1. The monoisotopic (exact) mass is 269 g/mol. The zero-order valence-corrected chi connectivity index (χ0v) is 10.3. The molecule has 15 heavy (non-hydrogen) atoms. The Labute approximate surface area is 98.8 Å². The van der Waals surface area contributed by atoms with Gasteiger partial charge in [-0.3, -0.25) is 0 Å². The summed E-state index contributed by atoms with van der Waals surface area (Å²) in [6.07, 6.45) is 3.40. The van der Waals surface area contributed by atoms with Crippen LogP contribution in [0.15, 0.2) is 22.7 Å². The molecule has 2 N–H and O–H groups in total. The predicted octanol–water partition coefficient (Wildman–Crippen LogP) is 2.70. The fourth-order valence-corrected chi connectivity index (χ4v) is 2.64. The second kappa shape index (κ2) is 4.99. The molecule has 82 valence electrons. The maximum absolute atomic E-state index is 9.78. The third kappa shape index (κ3) is 2.73. The van der Waals surface area contributed by atoms with Gasteiger partial charge in [0.1, 0.15) is 5.75 Å². The first-order valence-electron chi connectivity index (χ1n) is 5.44. The van der Waals surface area contributed by atoms with E-state index in [-0.39, 0.29) is 0 Å². The minimum atomic E-state index is 0.419. The second-order valence-corrected chi connectivity index (χ2v) is 4.99. The van der Waals surface area contributed by atoms with E-state index in [1.807, 2.05) is 12.1 Å². The number of halogens is 1. The first-order chi connectivity index (χ1) is 7.27. The largest absolute Gasteiger partial charge is 0.508 e. The van der Waals surface area contributed by atoms with Gasteiger partial charge in [0.15, 0.2) is 0 Å². The van der Waals surface area contributed by atoms with E-state index >= 15 is 0 Å². The third-order valence-corrected chi connectivity index (χ3v) is 3.79. The van der Waals surface area contributed by atoms with Crippen LogP contribution in [0.3, 0.4) is 0 Å². The van der Waals surface area contributed by atoms with Gasteiger partial charge in [-0.25, -0.2) is 0 Å². The zero-order valence-electron chi connectivity index (χ0n) is 8.67. The van der Waals surface area contributed by atoms with E-state index < -0.39 is 0 Å². The molecule has 1 heterocycles. The molecular weight excluding hydrogens is 254 g/mol. The maximum atomic E-state index is 9.78. The molecule has 0 spiro atoms. The van der Waals surface area contributed by atoms with Crippen molar-refractivity contribution in [3.63, 3.8) is 0 Å². The van der Waals surface area contributed by atoms with E-state index in [0.29, 0.717) is 11.7 Å². The number of phenolic OH excluding ortho intramolecular Hbond substituents is 1. The van der Waals surface area contributed by atoms with E-state index in [2.05, 4.69) is 21.2 Å². The highest BCUT2D eigenvalue weighted by atomic mass is 79.9. The number of piperidine rings is 1. The summed E-state index contributed by atoms with van der Waals surface area (Å²) in [7, 11) is 0. The molecule has 1 fully saturated rings. The normalized spacial score (nSPS) is 17.9. The topological polar surface area (TPSA) is 32.3 Å². The Morgan fingerprint density at radius 1 is 1.33 bits per heavy atom. The Morgan fingerprint density at radius 2 is 2.07 bits per heavy atom. The van der Waals surface area contributed by atoms with Gasteiger partial charge in [0, 0.05) is 10.0 Å². The van der Waals surface area contributed by atoms with Crippen LogP contribution < -0.4 is 5.32 Å². The molecule has 0 radical (unpaired) electrons. The molecule has 0 unspecified atom stereocenters. The fraction of sp³-hybridized carbons (Fsp3) is 0.500. The number of rotatable bonds is 2. The predicted molar refractivity (Wildman–Crippen MR) is 65.1 cm³/mol. The smallest absolute Gasteiger partial charge is 0.119 e. The molecule has 1 saturated heterocycles. The Kier molecular flexibility index (Phi) is 3.65. The molecular formula is C12H16BrNO. The molecule has 2 nitrogen and oxygen atoms in total. The van der Waals surface area contributed by atoms with Gasteiger partial charge < -0.3 is 10.4 Å². The first-order valence-corrected chi connectivity index (χ1v) is 6.24. The van der Waals surface area contributed by atoms with Gasteiger partial charge in [-0.2, -0.15) is 0 Å². The van der Waals surface area contributed by atoms with Crippen LogP contribution in [0.2, 0.25) is 0 Å². The molecule has 1 aliphatic heterocycles. The van der Waals surface area contributed by atoms with Crippen molar-refractivity contribution in [3.05, 3.63) is 28.2 Å². The molecule has 0 aliphatic carbocycles. The van der Waals surface area contributed by atoms with Gasteiger partial charge in [0.25, 0.3) is 0 Å². The summed E-state index contributed by atoms with van der Waals surface area (Å²) < 4.78 is 1.03. The highest BCUT2D eigenvalue weighted by Crippen LogP contribution is 2.30. The Balaban J connectivity index is 2.09. The van der Waals surface area contributed by atoms with Crippen LogP contribution in [0.4, 0.5) is 0 Å². The molecule has 1 aliphatic rings. The number of benzene rings is 1. The summed E-state index contributed by atoms with van der Waals surface area (Å²) >= 11 is 3.50. The van der Waals surface area contributed by atoms with Crippen LogP contribution in [-0.2, 0) is 6.42 Å². The zero-order chi connectivity index (χ0) is 10.7. The summed E-state index contributed by atoms with van der Waals surface area (Å²) in [6.45, 7) is 2.21. The summed E-state index contributed by atoms with van der Waals surface area (Å²) in [4.78, 5) is 0. The summed E-state index contributed by atoms with van der Waals surface area (Å²) in [5.74, 6) is 1.12. The van der Waals surface area contributed by atoms with Crippen LogP contribution in [0.25, 0.3) is 0 Å². The van der Waals surface area contributed by atoms with Crippen molar-refractivity contribution < 1.29 is 5.11 Å². The second-order valence-electron chi connectivity index (χ2n) is 4.14. The maximum Gasteiger partial charge on any atom is 0.119 e. The molecule has 0 atom stereocenters. The van der Waals surface area contributed by atoms with Crippen molar-refractivity contribution in [3.8, 4) is 5.75 Å². The van der Waals surface area contributed by atoms with Crippen LogP contribution in [0, 0.1) is 5.92 Å². The standard InChI is InChI=1S/C12H16BrNO/c13-11-2-1-3-12(15)10(11)8-9-4-6-14-7-5-9/h1-3,9,14-15H,4-8H2. The van der Waals surface area contributed by atoms with Gasteiger partial charge >= 0.3 is 0 Å². The molecule has 0 amide bonds. The van der Waals surface area contributed by atoms with Crippen molar-refractivity contribution in [2.75, 3.05) is 13.1 Å². The lowest BCUT2D eigenvalue weighted by atomic mass is 9.91. The molecule has 0 bridgehead atoms.